The minimum Gasteiger partial charge on any atom is -0.322 e. The number of nitrogens with zero attached hydrogens (tertiary/aromatic N) is 1. The Bertz CT molecular complexity index is 999. The molecule has 0 unspecified atom stereocenters. The molecule has 1 amide bonds. The summed E-state index contributed by atoms with van der Waals surface area (Å²) in [6.07, 6.45) is 0.934. The second-order valence-electron chi connectivity index (χ2n) is 5.85. The van der Waals surface area contributed by atoms with Gasteiger partial charge in [-0.15, -0.1) is 0 Å². The topological polar surface area (TPSA) is 52.9 Å². The van der Waals surface area contributed by atoms with Crippen molar-refractivity contribution in [3.05, 3.63) is 89.0 Å². The average molecular weight is 310 g/mol. The molecule has 0 saturated heterocycles. The van der Waals surface area contributed by atoms with Crippen molar-refractivity contribution in [2.75, 3.05) is 5.32 Å². The summed E-state index contributed by atoms with van der Waals surface area (Å²) in [5.74, 6) is -0.210. The highest BCUT2D eigenvalue weighted by atomic mass is 16.1. The van der Waals surface area contributed by atoms with Gasteiger partial charge < -0.3 is 5.32 Å². The lowest BCUT2D eigenvalue weighted by atomic mass is 10.0. The summed E-state index contributed by atoms with van der Waals surface area (Å²) in [7, 11) is 0. The standard InChI is InChI=1S/C21H14N2O/c22-13-14-4-3-6-17(10-14)21(24)23-18-9-8-16-11-15-5-1-2-7-19(15)20(16)12-18/h1-10,12H,11H2,(H,23,24). The molecule has 0 fully saturated rings. The maximum atomic E-state index is 12.4. The summed E-state index contributed by atoms with van der Waals surface area (Å²) in [5, 5.41) is 11.9. The van der Waals surface area contributed by atoms with Crippen LogP contribution in [0, 0.1) is 11.3 Å². The Morgan fingerprint density at radius 3 is 2.62 bits per heavy atom. The first-order valence-electron chi connectivity index (χ1n) is 7.77. The minimum absolute atomic E-state index is 0.210. The molecule has 0 heterocycles. The smallest absolute Gasteiger partial charge is 0.255 e. The lowest BCUT2D eigenvalue weighted by Crippen LogP contribution is -2.12. The third kappa shape index (κ3) is 2.45. The van der Waals surface area contributed by atoms with Crippen LogP contribution in [0.1, 0.15) is 27.0 Å². The van der Waals surface area contributed by atoms with Crippen LogP contribution in [0.15, 0.2) is 66.7 Å². The zero-order chi connectivity index (χ0) is 16.5. The van der Waals surface area contributed by atoms with Gasteiger partial charge in [0, 0.05) is 11.3 Å². The predicted molar refractivity (Wildman–Crippen MR) is 93.8 cm³/mol. The molecule has 0 radical (unpaired) electrons. The molecule has 0 atom stereocenters. The lowest BCUT2D eigenvalue weighted by molar-refractivity contribution is 0.102. The number of benzene rings is 3. The highest BCUT2D eigenvalue weighted by Crippen LogP contribution is 2.37. The van der Waals surface area contributed by atoms with Gasteiger partial charge in [0.05, 0.1) is 11.6 Å². The molecule has 24 heavy (non-hydrogen) atoms. The summed E-state index contributed by atoms with van der Waals surface area (Å²) >= 11 is 0. The average Bonchev–Trinajstić information content (AvgIpc) is 3.00. The van der Waals surface area contributed by atoms with Gasteiger partial charge in [-0.25, -0.2) is 0 Å². The van der Waals surface area contributed by atoms with Gasteiger partial charge in [0.1, 0.15) is 0 Å². The molecule has 4 rings (SSSR count). The van der Waals surface area contributed by atoms with Gasteiger partial charge >= 0.3 is 0 Å². The van der Waals surface area contributed by atoms with Crippen LogP contribution in [0.3, 0.4) is 0 Å². The first-order valence-corrected chi connectivity index (χ1v) is 7.77. The van der Waals surface area contributed by atoms with Crippen molar-refractivity contribution in [2.24, 2.45) is 0 Å². The van der Waals surface area contributed by atoms with Gasteiger partial charge in [-0.05, 0) is 59.0 Å². The van der Waals surface area contributed by atoms with Crippen molar-refractivity contribution in [1.29, 1.82) is 5.26 Å². The number of amides is 1. The molecule has 1 aliphatic carbocycles. The van der Waals surface area contributed by atoms with Gasteiger partial charge in [-0.2, -0.15) is 5.26 Å². The van der Waals surface area contributed by atoms with Crippen LogP contribution in [-0.2, 0) is 6.42 Å². The predicted octanol–water partition coefficient (Wildman–Crippen LogP) is 4.38. The Hall–Kier alpha value is -3.38. The van der Waals surface area contributed by atoms with Gasteiger partial charge in [-0.3, -0.25) is 4.79 Å². The number of fused-ring (bicyclic) bond motifs is 3. The molecule has 3 aromatic rings. The molecule has 0 spiro atoms. The quantitative estimate of drug-likeness (QED) is 0.597. The van der Waals surface area contributed by atoms with E-state index in [9.17, 15) is 4.79 Å². The molecule has 0 bridgehead atoms. The van der Waals surface area contributed by atoms with E-state index >= 15 is 0 Å². The summed E-state index contributed by atoms with van der Waals surface area (Å²) in [4.78, 5) is 12.4. The number of hydrogen-bond donors (Lipinski definition) is 1. The van der Waals surface area contributed by atoms with Crippen molar-refractivity contribution in [1.82, 2.24) is 0 Å². The minimum atomic E-state index is -0.210. The van der Waals surface area contributed by atoms with Crippen LogP contribution in [-0.4, -0.2) is 5.91 Å². The van der Waals surface area contributed by atoms with E-state index in [0.717, 1.165) is 12.1 Å². The second kappa shape index (κ2) is 5.68. The van der Waals surface area contributed by atoms with Crippen molar-refractivity contribution in [2.45, 2.75) is 6.42 Å². The number of anilines is 1. The number of carbonyl (C=O) groups excluding carboxylic acids is 1. The third-order valence-corrected chi connectivity index (χ3v) is 4.31. The largest absolute Gasteiger partial charge is 0.322 e. The van der Waals surface area contributed by atoms with E-state index in [0.29, 0.717) is 11.1 Å². The fourth-order valence-electron chi connectivity index (χ4n) is 3.13. The molecule has 0 saturated carbocycles. The summed E-state index contributed by atoms with van der Waals surface area (Å²) in [6, 6.07) is 23.1. The van der Waals surface area contributed by atoms with E-state index < -0.39 is 0 Å². The zero-order valence-electron chi connectivity index (χ0n) is 12.9. The SMILES string of the molecule is N#Cc1cccc(C(=O)Nc2ccc3c(c2)-c2ccccc2C3)c1. The first kappa shape index (κ1) is 14.2. The van der Waals surface area contributed by atoms with E-state index in [1.807, 2.05) is 18.2 Å². The van der Waals surface area contributed by atoms with E-state index in [-0.39, 0.29) is 5.91 Å². The Morgan fingerprint density at radius 2 is 1.75 bits per heavy atom. The molecule has 1 aliphatic rings. The molecule has 3 aromatic carbocycles. The first-order chi connectivity index (χ1) is 11.7. The number of rotatable bonds is 2. The fraction of sp³-hybridized carbons (Fsp3) is 0.0476. The van der Waals surface area contributed by atoms with Gasteiger partial charge in [0.25, 0.3) is 5.91 Å². The van der Waals surface area contributed by atoms with Gasteiger partial charge in [0.2, 0.25) is 0 Å². The maximum absolute atomic E-state index is 12.4. The number of hydrogen-bond acceptors (Lipinski definition) is 2. The van der Waals surface area contributed by atoms with Crippen LogP contribution in [0.5, 0.6) is 0 Å². The number of carbonyl (C=O) groups is 1. The lowest BCUT2D eigenvalue weighted by Gasteiger charge is -2.08. The van der Waals surface area contributed by atoms with E-state index in [4.69, 9.17) is 5.26 Å². The molecule has 114 valence electrons. The molecule has 3 nitrogen and oxygen atoms in total. The molecule has 0 aromatic heterocycles. The fourth-order valence-corrected chi connectivity index (χ4v) is 3.13. The highest BCUT2D eigenvalue weighted by Gasteiger charge is 2.18. The molecular formula is C21H14N2O. The van der Waals surface area contributed by atoms with Gasteiger partial charge in [-0.1, -0.05) is 36.4 Å². The molecule has 1 N–H and O–H groups in total. The van der Waals surface area contributed by atoms with Crippen LogP contribution >= 0.6 is 0 Å². The van der Waals surface area contributed by atoms with Crippen molar-refractivity contribution < 1.29 is 4.79 Å². The van der Waals surface area contributed by atoms with Crippen LogP contribution in [0.2, 0.25) is 0 Å². The van der Waals surface area contributed by atoms with Gasteiger partial charge in [0.15, 0.2) is 0 Å². The van der Waals surface area contributed by atoms with Crippen LogP contribution in [0.25, 0.3) is 11.1 Å². The highest BCUT2D eigenvalue weighted by molar-refractivity contribution is 6.04. The van der Waals surface area contributed by atoms with Crippen LogP contribution in [0.4, 0.5) is 5.69 Å². The van der Waals surface area contributed by atoms with Crippen LogP contribution < -0.4 is 5.32 Å². The van der Waals surface area contributed by atoms with Crippen molar-refractivity contribution in [3.63, 3.8) is 0 Å². The Morgan fingerprint density at radius 1 is 0.917 bits per heavy atom. The van der Waals surface area contributed by atoms with E-state index in [1.54, 1.807) is 24.3 Å². The zero-order valence-corrected chi connectivity index (χ0v) is 12.9. The summed E-state index contributed by atoms with van der Waals surface area (Å²) in [5.41, 5.74) is 6.72. The number of nitriles is 1. The van der Waals surface area contributed by atoms with Crippen molar-refractivity contribution in [3.8, 4) is 17.2 Å². The Kier molecular flexibility index (Phi) is 3.36. The molecule has 3 heteroatoms. The van der Waals surface area contributed by atoms with E-state index in [1.165, 1.54) is 22.3 Å². The summed E-state index contributed by atoms with van der Waals surface area (Å²) < 4.78 is 0. The normalized spacial score (nSPS) is 11.3. The van der Waals surface area contributed by atoms with Crippen molar-refractivity contribution >= 4 is 11.6 Å². The monoisotopic (exact) mass is 310 g/mol. The Labute approximate surface area is 140 Å². The maximum Gasteiger partial charge on any atom is 0.255 e. The Balaban J connectivity index is 1.63. The molecular weight excluding hydrogens is 296 g/mol. The van der Waals surface area contributed by atoms with E-state index in [2.05, 4.69) is 35.7 Å². The number of nitrogens with one attached hydrogen (secondary N) is 1. The molecule has 0 aliphatic heterocycles. The summed E-state index contributed by atoms with van der Waals surface area (Å²) in [6.45, 7) is 0. The second-order valence-corrected chi connectivity index (χ2v) is 5.85. The third-order valence-electron chi connectivity index (χ3n) is 4.31.